The zero-order valence-corrected chi connectivity index (χ0v) is 17.7. The van der Waals surface area contributed by atoms with Crippen molar-refractivity contribution in [3.8, 4) is 0 Å². The maximum Gasteiger partial charge on any atom is 0.264 e. The summed E-state index contributed by atoms with van der Waals surface area (Å²) in [5, 5.41) is 2.95. The number of aryl methyl sites for hydroxylation is 1. The zero-order chi connectivity index (χ0) is 21.1. The van der Waals surface area contributed by atoms with Crippen LogP contribution in [0.25, 0.3) is 0 Å². The molecule has 0 fully saturated rings. The van der Waals surface area contributed by atoms with Crippen molar-refractivity contribution in [2.45, 2.75) is 24.3 Å². The van der Waals surface area contributed by atoms with Gasteiger partial charge >= 0.3 is 0 Å². The van der Waals surface area contributed by atoms with E-state index in [1.54, 1.807) is 18.5 Å². The lowest BCUT2D eigenvalue weighted by Crippen LogP contribution is -2.35. The van der Waals surface area contributed by atoms with Crippen LogP contribution in [0.15, 0.2) is 71.9 Å². The monoisotopic (exact) mass is 441 g/mol. The van der Waals surface area contributed by atoms with Crippen molar-refractivity contribution >= 4 is 33.2 Å². The van der Waals surface area contributed by atoms with Crippen LogP contribution in [-0.4, -0.2) is 25.9 Å². The molecule has 4 rings (SSSR count). The summed E-state index contributed by atoms with van der Waals surface area (Å²) in [5.41, 5.74) is 2.62. The summed E-state index contributed by atoms with van der Waals surface area (Å²) in [4.78, 5) is 16.7. The van der Waals surface area contributed by atoms with Crippen molar-refractivity contribution in [1.29, 1.82) is 0 Å². The van der Waals surface area contributed by atoms with E-state index < -0.39 is 15.9 Å². The highest BCUT2D eigenvalue weighted by atomic mass is 35.5. The molecule has 1 aliphatic heterocycles. The Morgan fingerprint density at radius 1 is 1.13 bits per heavy atom. The van der Waals surface area contributed by atoms with Crippen LogP contribution >= 0.6 is 11.6 Å². The second-order valence-corrected chi connectivity index (χ2v) is 9.26. The third kappa shape index (κ3) is 4.04. The van der Waals surface area contributed by atoms with Crippen LogP contribution in [0.4, 0.5) is 5.69 Å². The maximum atomic E-state index is 13.4. The number of halogens is 1. The molecule has 0 atom stereocenters. The molecular weight excluding hydrogens is 422 g/mol. The average molecular weight is 442 g/mol. The predicted octanol–water partition coefficient (Wildman–Crippen LogP) is 3.81. The number of para-hydroxylation sites is 1. The molecule has 1 aromatic heterocycles. The molecule has 1 amide bonds. The fraction of sp³-hybridized carbons (Fsp3) is 0.182. The van der Waals surface area contributed by atoms with Gasteiger partial charge in [-0.25, -0.2) is 8.42 Å². The standard InChI is InChI=1S/C22H20ClN3O3S/c23-20-10-9-18(13-19(20)22(27)25-15-16-5-3-11-24-14-16)30(28,29)26-12-4-7-17-6-1-2-8-21(17)26/h1-3,5-6,8-11,13-14H,4,7,12,15H2,(H,25,27). The van der Waals surface area contributed by atoms with Gasteiger partial charge < -0.3 is 5.32 Å². The van der Waals surface area contributed by atoms with E-state index in [1.807, 2.05) is 30.3 Å². The minimum Gasteiger partial charge on any atom is -0.348 e. The molecule has 3 aromatic rings. The third-order valence-electron chi connectivity index (χ3n) is 5.01. The molecule has 1 N–H and O–H groups in total. The van der Waals surface area contributed by atoms with Gasteiger partial charge in [0.15, 0.2) is 0 Å². The Hall–Kier alpha value is -2.90. The number of hydrogen-bond acceptors (Lipinski definition) is 4. The van der Waals surface area contributed by atoms with Crippen LogP contribution in [0.2, 0.25) is 5.02 Å². The molecule has 30 heavy (non-hydrogen) atoms. The fourth-order valence-electron chi connectivity index (χ4n) is 3.50. The van der Waals surface area contributed by atoms with Crippen molar-refractivity contribution in [1.82, 2.24) is 10.3 Å². The quantitative estimate of drug-likeness (QED) is 0.653. The molecule has 0 spiro atoms. The average Bonchev–Trinajstić information content (AvgIpc) is 2.78. The van der Waals surface area contributed by atoms with Crippen molar-refractivity contribution in [2.24, 2.45) is 0 Å². The van der Waals surface area contributed by atoms with Crippen LogP contribution in [-0.2, 0) is 23.0 Å². The summed E-state index contributed by atoms with van der Waals surface area (Å²) in [5.74, 6) is -0.444. The number of benzene rings is 2. The summed E-state index contributed by atoms with van der Waals surface area (Å²) < 4.78 is 28.1. The van der Waals surface area contributed by atoms with E-state index in [-0.39, 0.29) is 22.0 Å². The van der Waals surface area contributed by atoms with Gasteiger partial charge in [0.1, 0.15) is 0 Å². The zero-order valence-electron chi connectivity index (χ0n) is 16.1. The Balaban J connectivity index is 1.62. The van der Waals surface area contributed by atoms with Gasteiger partial charge in [-0.05, 0) is 54.3 Å². The predicted molar refractivity (Wildman–Crippen MR) is 116 cm³/mol. The number of anilines is 1. The Bertz CT molecular complexity index is 1180. The molecule has 6 nitrogen and oxygen atoms in total. The van der Waals surface area contributed by atoms with Crippen LogP contribution in [0.5, 0.6) is 0 Å². The van der Waals surface area contributed by atoms with E-state index >= 15 is 0 Å². The van der Waals surface area contributed by atoms with E-state index in [4.69, 9.17) is 11.6 Å². The lowest BCUT2D eigenvalue weighted by molar-refractivity contribution is 0.0951. The molecule has 2 aromatic carbocycles. The number of carbonyl (C=O) groups is 1. The van der Waals surface area contributed by atoms with Crippen LogP contribution < -0.4 is 9.62 Å². The first-order valence-corrected chi connectivity index (χ1v) is 11.4. The van der Waals surface area contributed by atoms with Gasteiger partial charge in [-0.1, -0.05) is 35.9 Å². The summed E-state index contributed by atoms with van der Waals surface area (Å²) in [6.45, 7) is 0.657. The van der Waals surface area contributed by atoms with Gasteiger partial charge in [0, 0.05) is 25.5 Å². The van der Waals surface area contributed by atoms with Gasteiger partial charge in [-0.3, -0.25) is 14.1 Å². The number of amides is 1. The van der Waals surface area contributed by atoms with Gasteiger partial charge in [0.05, 0.1) is 21.2 Å². The smallest absolute Gasteiger partial charge is 0.264 e. The van der Waals surface area contributed by atoms with E-state index in [2.05, 4.69) is 10.3 Å². The fourth-order valence-corrected chi connectivity index (χ4v) is 5.27. The highest BCUT2D eigenvalue weighted by molar-refractivity contribution is 7.92. The molecule has 0 saturated carbocycles. The van der Waals surface area contributed by atoms with Crippen molar-refractivity contribution < 1.29 is 13.2 Å². The lowest BCUT2D eigenvalue weighted by Gasteiger charge is -2.30. The molecule has 0 unspecified atom stereocenters. The van der Waals surface area contributed by atoms with Crippen molar-refractivity contribution in [3.05, 3.63) is 88.7 Å². The highest BCUT2D eigenvalue weighted by Gasteiger charge is 2.29. The van der Waals surface area contributed by atoms with Crippen LogP contribution in [0.3, 0.4) is 0 Å². The molecule has 0 bridgehead atoms. The SMILES string of the molecule is O=C(NCc1cccnc1)c1cc(S(=O)(=O)N2CCCc3ccccc32)ccc1Cl. The first kappa shape index (κ1) is 20.4. The number of sulfonamides is 1. The molecular formula is C22H20ClN3O3S. The number of rotatable bonds is 5. The number of nitrogens with zero attached hydrogens (tertiary/aromatic N) is 2. The lowest BCUT2D eigenvalue weighted by atomic mass is 10.0. The first-order chi connectivity index (χ1) is 14.5. The van der Waals surface area contributed by atoms with Gasteiger partial charge in [0.2, 0.25) is 0 Å². The molecule has 1 aliphatic rings. The Kier molecular flexibility index (Phi) is 5.74. The number of hydrogen-bond donors (Lipinski definition) is 1. The minimum absolute atomic E-state index is 0.0372. The molecule has 8 heteroatoms. The molecule has 2 heterocycles. The Morgan fingerprint density at radius 2 is 1.97 bits per heavy atom. The van der Waals surface area contributed by atoms with E-state index in [0.29, 0.717) is 12.2 Å². The summed E-state index contributed by atoms with van der Waals surface area (Å²) >= 11 is 6.21. The van der Waals surface area contributed by atoms with E-state index in [9.17, 15) is 13.2 Å². The molecule has 154 valence electrons. The van der Waals surface area contributed by atoms with E-state index in [1.165, 1.54) is 22.5 Å². The summed E-state index contributed by atoms with van der Waals surface area (Å²) in [7, 11) is -3.83. The topological polar surface area (TPSA) is 79.4 Å². The maximum absolute atomic E-state index is 13.4. The number of pyridine rings is 1. The molecule has 0 aliphatic carbocycles. The van der Waals surface area contributed by atoms with E-state index in [0.717, 1.165) is 24.0 Å². The number of nitrogens with one attached hydrogen (secondary N) is 1. The highest BCUT2D eigenvalue weighted by Crippen LogP contribution is 2.32. The Morgan fingerprint density at radius 3 is 2.77 bits per heavy atom. The number of carbonyl (C=O) groups excluding carboxylic acids is 1. The normalized spacial score (nSPS) is 13.6. The molecule has 0 saturated heterocycles. The van der Waals surface area contributed by atoms with Gasteiger partial charge in [-0.15, -0.1) is 0 Å². The Labute approximate surface area is 180 Å². The van der Waals surface area contributed by atoms with Crippen LogP contribution in [0.1, 0.15) is 27.9 Å². The minimum atomic E-state index is -3.83. The number of fused-ring (bicyclic) bond motifs is 1. The number of aromatic nitrogens is 1. The van der Waals surface area contributed by atoms with Crippen LogP contribution in [0, 0.1) is 0 Å². The van der Waals surface area contributed by atoms with Gasteiger partial charge in [-0.2, -0.15) is 0 Å². The molecule has 0 radical (unpaired) electrons. The third-order valence-corrected chi connectivity index (χ3v) is 7.15. The largest absolute Gasteiger partial charge is 0.348 e. The second-order valence-electron chi connectivity index (χ2n) is 7.00. The summed E-state index contributed by atoms with van der Waals surface area (Å²) in [6, 6.07) is 15.3. The van der Waals surface area contributed by atoms with Gasteiger partial charge in [0.25, 0.3) is 15.9 Å². The first-order valence-electron chi connectivity index (χ1n) is 9.54. The second kappa shape index (κ2) is 8.45. The van der Waals surface area contributed by atoms with Crippen molar-refractivity contribution in [3.63, 3.8) is 0 Å². The summed E-state index contributed by atoms with van der Waals surface area (Å²) in [6.07, 6.45) is 4.87. The van der Waals surface area contributed by atoms with Crippen molar-refractivity contribution in [2.75, 3.05) is 10.8 Å².